The van der Waals surface area contributed by atoms with Gasteiger partial charge in [-0.15, -0.1) is 0 Å². The normalized spacial score (nSPS) is 10.0. The zero-order valence-electron chi connectivity index (χ0n) is 7.47. The predicted octanol–water partition coefficient (Wildman–Crippen LogP) is 1.69. The van der Waals surface area contributed by atoms with E-state index in [1.54, 1.807) is 30.6 Å². The minimum absolute atomic E-state index is 0.248. The Labute approximate surface area is 81.2 Å². The summed E-state index contributed by atoms with van der Waals surface area (Å²) < 4.78 is 5.38. The molecule has 0 fully saturated rings. The van der Waals surface area contributed by atoms with Crippen LogP contribution >= 0.6 is 0 Å². The van der Waals surface area contributed by atoms with Crippen molar-refractivity contribution < 1.29 is 9.84 Å². The number of aromatic amines is 1. The Hall–Kier alpha value is -1.97. The topological polar surface area (TPSA) is 58.1 Å². The van der Waals surface area contributed by atoms with Crippen molar-refractivity contribution in [2.45, 2.75) is 6.61 Å². The molecule has 0 aliphatic heterocycles. The number of H-pyrrole nitrogens is 1. The van der Waals surface area contributed by atoms with Gasteiger partial charge in [-0.25, -0.2) is 0 Å². The zero-order chi connectivity index (χ0) is 9.80. The minimum Gasteiger partial charge on any atom is -0.508 e. The molecule has 0 saturated heterocycles. The first kappa shape index (κ1) is 8.62. The molecule has 2 aromatic rings. The van der Waals surface area contributed by atoms with Crippen molar-refractivity contribution >= 4 is 0 Å². The van der Waals surface area contributed by atoms with E-state index in [9.17, 15) is 5.11 Å². The smallest absolute Gasteiger partial charge is 0.157 e. The summed E-state index contributed by atoms with van der Waals surface area (Å²) in [5.41, 5.74) is 0.922. The Bertz CT molecular complexity index is 398. The Morgan fingerprint density at radius 3 is 3.07 bits per heavy atom. The number of hydrogen-bond donors (Lipinski definition) is 2. The summed E-state index contributed by atoms with van der Waals surface area (Å²) in [5.74, 6) is 0.937. The number of hydrogen-bond acceptors (Lipinski definition) is 3. The average molecular weight is 190 g/mol. The lowest BCUT2D eigenvalue weighted by molar-refractivity contribution is 0.305. The van der Waals surface area contributed by atoms with E-state index < -0.39 is 0 Å². The Balaban J connectivity index is 1.98. The summed E-state index contributed by atoms with van der Waals surface area (Å²) in [6.45, 7) is 0.425. The van der Waals surface area contributed by atoms with Crippen LogP contribution in [-0.2, 0) is 6.61 Å². The molecule has 0 aliphatic carbocycles. The predicted molar refractivity (Wildman–Crippen MR) is 51.0 cm³/mol. The van der Waals surface area contributed by atoms with Crippen LogP contribution in [0.25, 0.3) is 0 Å². The molecule has 1 aromatic heterocycles. The molecular formula is C10H10N2O2. The maximum absolute atomic E-state index is 9.20. The molecule has 2 rings (SSSR count). The fourth-order valence-corrected chi connectivity index (χ4v) is 1.13. The molecule has 2 N–H and O–H groups in total. The SMILES string of the molecule is Oc1cccc(COc2cn[nH]c2)c1. The molecule has 72 valence electrons. The molecule has 4 nitrogen and oxygen atoms in total. The number of nitrogens with zero attached hydrogens (tertiary/aromatic N) is 1. The molecule has 0 atom stereocenters. The van der Waals surface area contributed by atoms with Gasteiger partial charge in [-0.05, 0) is 17.7 Å². The highest BCUT2D eigenvalue weighted by molar-refractivity contribution is 5.27. The van der Waals surface area contributed by atoms with Crippen LogP contribution in [0.5, 0.6) is 11.5 Å². The minimum atomic E-state index is 0.248. The van der Waals surface area contributed by atoms with Crippen molar-refractivity contribution in [1.29, 1.82) is 0 Å². The number of rotatable bonds is 3. The lowest BCUT2D eigenvalue weighted by Gasteiger charge is -2.03. The molecule has 0 amide bonds. The van der Waals surface area contributed by atoms with E-state index in [2.05, 4.69) is 10.2 Å². The zero-order valence-corrected chi connectivity index (χ0v) is 7.47. The Kier molecular flexibility index (Phi) is 2.36. The van der Waals surface area contributed by atoms with Gasteiger partial charge in [-0.1, -0.05) is 12.1 Å². The number of phenols is 1. The summed E-state index contributed by atoms with van der Waals surface area (Å²) in [7, 11) is 0. The summed E-state index contributed by atoms with van der Waals surface area (Å²) in [6.07, 6.45) is 3.27. The number of aromatic nitrogens is 2. The van der Waals surface area contributed by atoms with Crippen LogP contribution in [0.2, 0.25) is 0 Å². The van der Waals surface area contributed by atoms with Gasteiger partial charge in [0.2, 0.25) is 0 Å². The molecule has 1 heterocycles. The summed E-state index contributed by atoms with van der Waals surface area (Å²) in [6, 6.07) is 6.96. The van der Waals surface area contributed by atoms with Crippen LogP contribution in [0.1, 0.15) is 5.56 Å². The monoisotopic (exact) mass is 190 g/mol. The first-order chi connectivity index (χ1) is 6.84. The van der Waals surface area contributed by atoms with Crippen LogP contribution in [0.15, 0.2) is 36.7 Å². The molecule has 0 saturated carbocycles. The number of phenolic OH excluding ortho intramolecular Hbond substituents is 1. The molecule has 0 spiro atoms. The van der Waals surface area contributed by atoms with Crippen LogP contribution in [0.4, 0.5) is 0 Å². The van der Waals surface area contributed by atoms with Crippen LogP contribution in [-0.4, -0.2) is 15.3 Å². The third kappa shape index (κ3) is 2.04. The maximum atomic E-state index is 9.20. The van der Waals surface area contributed by atoms with Gasteiger partial charge in [0.05, 0.1) is 12.4 Å². The van der Waals surface area contributed by atoms with Crippen molar-refractivity contribution in [2.24, 2.45) is 0 Å². The fourth-order valence-electron chi connectivity index (χ4n) is 1.13. The fraction of sp³-hybridized carbons (Fsp3) is 0.100. The Morgan fingerprint density at radius 2 is 2.36 bits per heavy atom. The molecule has 0 radical (unpaired) electrons. The van der Waals surface area contributed by atoms with E-state index in [0.717, 1.165) is 5.56 Å². The quantitative estimate of drug-likeness (QED) is 0.774. The van der Waals surface area contributed by atoms with Gasteiger partial charge < -0.3 is 9.84 Å². The summed E-state index contributed by atoms with van der Waals surface area (Å²) in [4.78, 5) is 0. The number of benzene rings is 1. The van der Waals surface area contributed by atoms with E-state index in [0.29, 0.717) is 12.4 Å². The van der Waals surface area contributed by atoms with Crippen LogP contribution < -0.4 is 4.74 Å². The van der Waals surface area contributed by atoms with E-state index in [-0.39, 0.29) is 5.75 Å². The van der Waals surface area contributed by atoms with Crippen molar-refractivity contribution in [2.75, 3.05) is 0 Å². The van der Waals surface area contributed by atoms with Gasteiger partial charge in [0, 0.05) is 0 Å². The molecule has 0 bridgehead atoms. The standard InChI is InChI=1S/C10H10N2O2/c13-9-3-1-2-8(4-9)7-14-10-5-11-12-6-10/h1-6,13H,7H2,(H,11,12). The van der Waals surface area contributed by atoms with Crippen LogP contribution in [0, 0.1) is 0 Å². The van der Waals surface area contributed by atoms with Crippen molar-refractivity contribution in [3.05, 3.63) is 42.2 Å². The second kappa shape index (κ2) is 3.83. The summed E-state index contributed by atoms with van der Waals surface area (Å²) in [5, 5.41) is 15.6. The van der Waals surface area contributed by atoms with E-state index in [4.69, 9.17) is 4.74 Å². The van der Waals surface area contributed by atoms with E-state index >= 15 is 0 Å². The lowest BCUT2D eigenvalue weighted by atomic mass is 10.2. The highest BCUT2D eigenvalue weighted by Crippen LogP contribution is 2.13. The highest BCUT2D eigenvalue weighted by atomic mass is 16.5. The molecule has 0 unspecified atom stereocenters. The average Bonchev–Trinajstić information content (AvgIpc) is 2.67. The second-order valence-electron chi connectivity index (χ2n) is 2.89. The molecule has 0 aliphatic rings. The molecule has 14 heavy (non-hydrogen) atoms. The van der Waals surface area contributed by atoms with Crippen LogP contribution in [0.3, 0.4) is 0 Å². The van der Waals surface area contributed by atoms with E-state index in [1.165, 1.54) is 0 Å². The number of nitrogens with one attached hydrogen (secondary N) is 1. The Morgan fingerprint density at radius 1 is 1.43 bits per heavy atom. The molecule has 1 aromatic carbocycles. The lowest BCUT2D eigenvalue weighted by Crippen LogP contribution is -1.93. The summed E-state index contributed by atoms with van der Waals surface area (Å²) >= 11 is 0. The largest absolute Gasteiger partial charge is 0.508 e. The third-order valence-electron chi connectivity index (χ3n) is 1.79. The van der Waals surface area contributed by atoms with Gasteiger partial charge >= 0.3 is 0 Å². The van der Waals surface area contributed by atoms with Gasteiger partial charge in [0.1, 0.15) is 12.4 Å². The first-order valence-corrected chi connectivity index (χ1v) is 4.24. The van der Waals surface area contributed by atoms with Crippen molar-refractivity contribution in [1.82, 2.24) is 10.2 Å². The number of aromatic hydroxyl groups is 1. The van der Waals surface area contributed by atoms with Gasteiger partial charge in [0.15, 0.2) is 5.75 Å². The van der Waals surface area contributed by atoms with E-state index in [1.807, 2.05) is 6.07 Å². The number of ether oxygens (including phenoxy) is 1. The van der Waals surface area contributed by atoms with Crippen molar-refractivity contribution in [3.8, 4) is 11.5 Å². The van der Waals surface area contributed by atoms with Gasteiger partial charge in [0.25, 0.3) is 0 Å². The maximum Gasteiger partial charge on any atom is 0.157 e. The van der Waals surface area contributed by atoms with Crippen molar-refractivity contribution in [3.63, 3.8) is 0 Å². The molecule has 4 heteroatoms. The second-order valence-corrected chi connectivity index (χ2v) is 2.89. The first-order valence-electron chi connectivity index (χ1n) is 4.24. The highest BCUT2D eigenvalue weighted by Gasteiger charge is 1.97. The van der Waals surface area contributed by atoms with Gasteiger partial charge in [-0.3, -0.25) is 5.10 Å². The van der Waals surface area contributed by atoms with Gasteiger partial charge in [-0.2, -0.15) is 5.10 Å². The molecular weight excluding hydrogens is 180 g/mol. The third-order valence-corrected chi connectivity index (χ3v) is 1.79.